The van der Waals surface area contributed by atoms with Crippen LogP contribution in [-0.4, -0.2) is 41.5 Å². The van der Waals surface area contributed by atoms with Crippen molar-refractivity contribution in [3.63, 3.8) is 0 Å². The van der Waals surface area contributed by atoms with Gasteiger partial charge >= 0.3 is 0 Å². The molecule has 2 aromatic heterocycles. The van der Waals surface area contributed by atoms with Gasteiger partial charge in [-0.3, -0.25) is 5.10 Å². The molecule has 1 aliphatic heterocycles. The standard InChI is InChI=1S/C17H23N5O/c1-4-15(14-12-20-21-16(14)5-1)19-11-13-3-2-6-18-17(13)22-7-9-23-10-8-22/h2-3,6,12,15,19H,1,4-5,7-11H2,(H,20,21). The van der Waals surface area contributed by atoms with Crippen LogP contribution < -0.4 is 10.2 Å². The highest BCUT2D eigenvalue weighted by atomic mass is 16.5. The average molecular weight is 313 g/mol. The zero-order chi connectivity index (χ0) is 15.5. The van der Waals surface area contributed by atoms with Gasteiger partial charge in [0.1, 0.15) is 5.82 Å². The van der Waals surface area contributed by atoms with Crippen molar-refractivity contribution >= 4 is 5.82 Å². The predicted molar refractivity (Wildman–Crippen MR) is 88.4 cm³/mol. The summed E-state index contributed by atoms with van der Waals surface area (Å²) in [6, 6.07) is 4.57. The molecule has 2 N–H and O–H groups in total. The Bertz CT molecular complexity index is 650. The third-order valence-electron chi connectivity index (χ3n) is 4.76. The highest BCUT2D eigenvalue weighted by molar-refractivity contribution is 5.47. The van der Waals surface area contributed by atoms with E-state index >= 15 is 0 Å². The molecule has 4 rings (SSSR count). The van der Waals surface area contributed by atoms with Crippen LogP contribution in [0.4, 0.5) is 5.82 Å². The molecule has 23 heavy (non-hydrogen) atoms. The Balaban J connectivity index is 1.48. The van der Waals surface area contributed by atoms with Crippen molar-refractivity contribution in [1.82, 2.24) is 20.5 Å². The lowest BCUT2D eigenvalue weighted by atomic mass is 9.93. The van der Waals surface area contributed by atoms with E-state index in [0.717, 1.165) is 45.1 Å². The van der Waals surface area contributed by atoms with Crippen molar-refractivity contribution in [1.29, 1.82) is 0 Å². The Kier molecular flexibility index (Phi) is 4.26. The molecular formula is C17H23N5O. The van der Waals surface area contributed by atoms with Gasteiger partial charge in [-0.25, -0.2) is 4.98 Å². The summed E-state index contributed by atoms with van der Waals surface area (Å²) in [5.41, 5.74) is 3.87. The van der Waals surface area contributed by atoms with E-state index in [-0.39, 0.29) is 0 Å². The average Bonchev–Trinajstić information content (AvgIpc) is 3.10. The van der Waals surface area contributed by atoms with Crippen LogP contribution in [-0.2, 0) is 17.7 Å². The van der Waals surface area contributed by atoms with E-state index in [1.54, 1.807) is 0 Å². The number of hydrogen-bond donors (Lipinski definition) is 2. The fourth-order valence-electron chi connectivity index (χ4n) is 3.53. The van der Waals surface area contributed by atoms with Crippen molar-refractivity contribution in [3.8, 4) is 0 Å². The van der Waals surface area contributed by atoms with E-state index in [9.17, 15) is 0 Å². The summed E-state index contributed by atoms with van der Waals surface area (Å²) >= 11 is 0. The maximum Gasteiger partial charge on any atom is 0.133 e. The Labute approximate surface area is 136 Å². The van der Waals surface area contributed by atoms with Crippen LogP contribution in [0, 0.1) is 0 Å². The summed E-state index contributed by atoms with van der Waals surface area (Å²) < 4.78 is 5.45. The first-order valence-electron chi connectivity index (χ1n) is 8.44. The number of nitrogens with zero attached hydrogens (tertiary/aromatic N) is 3. The van der Waals surface area contributed by atoms with Crippen LogP contribution in [0.1, 0.15) is 35.7 Å². The van der Waals surface area contributed by atoms with Crippen LogP contribution in [0.2, 0.25) is 0 Å². The minimum absolute atomic E-state index is 0.384. The minimum Gasteiger partial charge on any atom is -0.378 e. The van der Waals surface area contributed by atoms with Crippen molar-refractivity contribution in [2.24, 2.45) is 0 Å². The number of hydrogen-bond acceptors (Lipinski definition) is 5. The van der Waals surface area contributed by atoms with Gasteiger partial charge in [0, 0.05) is 48.7 Å². The van der Waals surface area contributed by atoms with Gasteiger partial charge in [-0.1, -0.05) is 6.07 Å². The van der Waals surface area contributed by atoms with Crippen LogP contribution in [0.3, 0.4) is 0 Å². The predicted octanol–water partition coefficient (Wildman–Crippen LogP) is 1.81. The minimum atomic E-state index is 0.384. The first-order chi connectivity index (χ1) is 11.4. The van der Waals surface area contributed by atoms with E-state index in [1.165, 1.54) is 29.7 Å². The lowest BCUT2D eigenvalue weighted by Crippen LogP contribution is -2.37. The highest BCUT2D eigenvalue weighted by Crippen LogP contribution is 2.29. The number of nitrogens with one attached hydrogen (secondary N) is 2. The number of rotatable bonds is 4. The molecule has 1 fully saturated rings. The third kappa shape index (κ3) is 3.09. The zero-order valence-corrected chi connectivity index (χ0v) is 13.3. The number of ether oxygens (including phenoxy) is 1. The van der Waals surface area contributed by atoms with E-state index in [4.69, 9.17) is 4.74 Å². The summed E-state index contributed by atoms with van der Waals surface area (Å²) in [7, 11) is 0. The molecule has 2 aliphatic rings. The fraction of sp³-hybridized carbons (Fsp3) is 0.529. The van der Waals surface area contributed by atoms with Crippen molar-refractivity contribution < 1.29 is 4.74 Å². The van der Waals surface area contributed by atoms with Gasteiger partial charge in [-0.2, -0.15) is 5.10 Å². The molecule has 122 valence electrons. The lowest BCUT2D eigenvalue weighted by molar-refractivity contribution is 0.122. The Morgan fingerprint density at radius 3 is 3.17 bits per heavy atom. The number of aromatic amines is 1. The maximum absolute atomic E-state index is 5.45. The molecule has 0 spiro atoms. The molecule has 6 heteroatoms. The second-order valence-corrected chi connectivity index (χ2v) is 6.22. The summed E-state index contributed by atoms with van der Waals surface area (Å²) in [5.74, 6) is 1.09. The van der Waals surface area contributed by atoms with Crippen LogP contribution in [0.5, 0.6) is 0 Å². The topological polar surface area (TPSA) is 66.1 Å². The molecule has 0 aromatic carbocycles. The fourth-order valence-corrected chi connectivity index (χ4v) is 3.53. The molecule has 1 saturated heterocycles. The number of fused-ring (bicyclic) bond motifs is 1. The lowest BCUT2D eigenvalue weighted by Gasteiger charge is -2.30. The number of morpholine rings is 1. The summed E-state index contributed by atoms with van der Waals surface area (Å²) in [5, 5.41) is 11.0. The monoisotopic (exact) mass is 313 g/mol. The van der Waals surface area contributed by atoms with Gasteiger partial charge in [0.05, 0.1) is 19.4 Å². The van der Waals surface area contributed by atoms with Gasteiger partial charge in [-0.05, 0) is 25.3 Å². The van der Waals surface area contributed by atoms with E-state index < -0.39 is 0 Å². The first kappa shape index (κ1) is 14.7. The van der Waals surface area contributed by atoms with E-state index in [2.05, 4.69) is 31.5 Å². The van der Waals surface area contributed by atoms with Gasteiger partial charge in [0.2, 0.25) is 0 Å². The molecule has 6 nitrogen and oxygen atoms in total. The molecule has 1 unspecified atom stereocenters. The molecule has 3 heterocycles. The second-order valence-electron chi connectivity index (χ2n) is 6.22. The Morgan fingerprint density at radius 2 is 2.26 bits per heavy atom. The summed E-state index contributed by atoms with van der Waals surface area (Å²) in [6.07, 6.45) is 7.33. The number of pyridine rings is 1. The van der Waals surface area contributed by atoms with Crippen molar-refractivity contribution in [2.75, 3.05) is 31.2 Å². The molecular weight excluding hydrogens is 290 g/mol. The molecule has 1 atom stereocenters. The Morgan fingerprint density at radius 1 is 1.35 bits per heavy atom. The molecule has 0 radical (unpaired) electrons. The third-order valence-corrected chi connectivity index (χ3v) is 4.76. The maximum atomic E-state index is 5.45. The van der Waals surface area contributed by atoms with Crippen LogP contribution in [0.25, 0.3) is 0 Å². The van der Waals surface area contributed by atoms with Gasteiger partial charge in [0.15, 0.2) is 0 Å². The SMILES string of the molecule is c1cnc(N2CCOCC2)c(CNC2CCCc3[nH]ncc32)c1. The van der Waals surface area contributed by atoms with Crippen molar-refractivity contribution in [2.45, 2.75) is 31.8 Å². The first-order valence-corrected chi connectivity index (χ1v) is 8.44. The van der Waals surface area contributed by atoms with Gasteiger partial charge in [0.25, 0.3) is 0 Å². The smallest absolute Gasteiger partial charge is 0.133 e. The number of aryl methyl sites for hydroxylation is 1. The van der Waals surface area contributed by atoms with Crippen LogP contribution >= 0.6 is 0 Å². The normalized spacial score (nSPS) is 21.2. The largest absolute Gasteiger partial charge is 0.378 e. The molecule has 0 amide bonds. The molecule has 2 aromatic rings. The highest BCUT2D eigenvalue weighted by Gasteiger charge is 2.22. The second kappa shape index (κ2) is 6.68. The molecule has 1 aliphatic carbocycles. The van der Waals surface area contributed by atoms with E-state index in [1.807, 2.05) is 18.5 Å². The quantitative estimate of drug-likeness (QED) is 0.901. The number of anilines is 1. The molecule has 0 bridgehead atoms. The van der Waals surface area contributed by atoms with Crippen molar-refractivity contribution in [3.05, 3.63) is 41.3 Å². The van der Waals surface area contributed by atoms with Gasteiger partial charge < -0.3 is 15.0 Å². The molecule has 0 saturated carbocycles. The number of H-pyrrole nitrogens is 1. The van der Waals surface area contributed by atoms with Gasteiger partial charge in [-0.15, -0.1) is 0 Å². The Hall–Kier alpha value is -1.92. The van der Waals surface area contributed by atoms with E-state index in [0.29, 0.717) is 6.04 Å². The summed E-state index contributed by atoms with van der Waals surface area (Å²) in [4.78, 5) is 6.94. The van der Waals surface area contributed by atoms with Crippen LogP contribution in [0.15, 0.2) is 24.5 Å². The number of aromatic nitrogens is 3. The summed E-state index contributed by atoms with van der Waals surface area (Å²) in [6.45, 7) is 4.23. The zero-order valence-electron chi connectivity index (χ0n) is 13.3.